The van der Waals surface area contributed by atoms with Crippen molar-refractivity contribution in [1.82, 2.24) is 4.98 Å². The number of rotatable bonds is 6. The molecule has 0 aliphatic heterocycles. The van der Waals surface area contributed by atoms with Gasteiger partial charge in [0.05, 0.1) is 26.8 Å². The molecule has 0 spiro atoms. The van der Waals surface area contributed by atoms with Crippen molar-refractivity contribution in [2.24, 2.45) is 0 Å². The zero-order valence-electron chi connectivity index (χ0n) is 16.7. The van der Waals surface area contributed by atoms with Crippen LogP contribution in [0.5, 0.6) is 17.2 Å². The third-order valence-electron chi connectivity index (χ3n) is 4.56. The summed E-state index contributed by atoms with van der Waals surface area (Å²) in [6, 6.07) is 11.3. The van der Waals surface area contributed by atoms with Gasteiger partial charge in [-0.1, -0.05) is 23.8 Å². The number of benzene rings is 2. The molecule has 146 valence electrons. The molecule has 0 atom stereocenters. The van der Waals surface area contributed by atoms with Crippen molar-refractivity contribution in [3.8, 4) is 17.2 Å². The first-order valence-corrected chi connectivity index (χ1v) is 8.80. The van der Waals surface area contributed by atoms with E-state index < -0.39 is 5.97 Å². The zero-order valence-corrected chi connectivity index (χ0v) is 16.7. The summed E-state index contributed by atoms with van der Waals surface area (Å²) < 4.78 is 21.7. The summed E-state index contributed by atoms with van der Waals surface area (Å²) in [6.07, 6.45) is 0. The van der Waals surface area contributed by atoms with Crippen molar-refractivity contribution < 1.29 is 23.7 Å². The van der Waals surface area contributed by atoms with Gasteiger partial charge in [-0.05, 0) is 31.0 Å². The lowest BCUT2D eigenvalue weighted by molar-refractivity contribution is 0.0594. The fourth-order valence-electron chi connectivity index (χ4n) is 2.96. The normalized spacial score (nSPS) is 10.6. The summed E-state index contributed by atoms with van der Waals surface area (Å²) >= 11 is 0. The molecule has 0 saturated heterocycles. The molecule has 6 heteroatoms. The SMILES string of the molecule is COC(=O)c1cc(OCc2cc(C)ccc2C)c2cc(OC)c(OC)cc2n1. The molecule has 6 nitrogen and oxygen atoms in total. The predicted octanol–water partition coefficient (Wildman–Crippen LogP) is 4.23. The maximum absolute atomic E-state index is 12.1. The van der Waals surface area contributed by atoms with Gasteiger partial charge < -0.3 is 18.9 Å². The molecule has 0 saturated carbocycles. The first-order valence-electron chi connectivity index (χ1n) is 8.80. The van der Waals surface area contributed by atoms with Crippen LogP contribution in [-0.4, -0.2) is 32.3 Å². The summed E-state index contributed by atoms with van der Waals surface area (Å²) in [5, 5.41) is 0.718. The molecule has 0 radical (unpaired) electrons. The van der Waals surface area contributed by atoms with Crippen LogP contribution in [0.1, 0.15) is 27.2 Å². The number of hydrogen-bond acceptors (Lipinski definition) is 6. The molecule has 0 bridgehead atoms. The minimum absolute atomic E-state index is 0.165. The van der Waals surface area contributed by atoms with Crippen LogP contribution < -0.4 is 14.2 Å². The van der Waals surface area contributed by atoms with Crippen LogP contribution in [0.25, 0.3) is 10.9 Å². The average Bonchev–Trinajstić information content (AvgIpc) is 2.72. The number of esters is 1. The summed E-state index contributed by atoms with van der Waals surface area (Å²) in [4.78, 5) is 16.5. The lowest BCUT2D eigenvalue weighted by atomic mass is 10.1. The van der Waals surface area contributed by atoms with Crippen molar-refractivity contribution in [2.45, 2.75) is 20.5 Å². The van der Waals surface area contributed by atoms with Gasteiger partial charge in [0.15, 0.2) is 17.2 Å². The fraction of sp³-hybridized carbons (Fsp3) is 0.273. The average molecular weight is 381 g/mol. The number of pyridine rings is 1. The van der Waals surface area contributed by atoms with Crippen LogP contribution in [0.2, 0.25) is 0 Å². The fourth-order valence-corrected chi connectivity index (χ4v) is 2.96. The Balaban J connectivity index is 2.09. The molecule has 3 aromatic rings. The van der Waals surface area contributed by atoms with E-state index in [2.05, 4.69) is 23.2 Å². The minimum atomic E-state index is -0.534. The van der Waals surface area contributed by atoms with E-state index in [-0.39, 0.29) is 5.69 Å². The highest BCUT2D eigenvalue weighted by molar-refractivity contribution is 5.95. The highest BCUT2D eigenvalue weighted by atomic mass is 16.5. The molecule has 2 aromatic carbocycles. The van der Waals surface area contributed by atoms with E-state index in [4.69, 9.17) is 18.9 Å². The van der Waals surface area contributed by atoms with Crippen LogP contribution >= 0.6 is 0 Å². The Morgan fingerprint density at radius 3 is 2.32 bits per heavy atom. The third-order valence-corrected chi connectivity index (χ3v) is 4.56. The van der Waals surface area contributed by atoms with Gasteiger partial charge in [-0.25, -0.2) is 9.78 Å². The number of aryl methyl sites for hydroxylation is 2. The van der Waals surface area contributed by atoms with E-state index in [0.717, 1.165) is 22.1 Å². The Bertz CT molecular complexity index is 1030. The van der Waals surface area contributed by atoms with E-state index >= 15 is 0 Å². The van der Waals surface area contributed by atoms with Gasteiger partial charge in [-0.15, -0.1) is 0 Å². The molecule has 0 amide bonds. The minimum Gasteiger partial charge on any atom is -0.493 e. The molecule has 0 fully saturated rings. The largest absolute Gasteiger partial charge is 0.493 e. The van der Waals surface area contributed by atoms with Crippen LogP contribution in [0.4, 0.5) is 0 Å². The number of hydrogen-bond donors (Lipinski definition) is 0. The van der Waals surface area contributed by atoms with E-state index in [9.17, 15) is 4.79 Å². The van der Waals surface area contributed by atoms with E-state index in [1.807, 2.05) is 13.8 Å². The number of fused-ring (bicyclic) bond motifs is 1. The third kappa shape index (κ3) is 3.86. The van der Waals surface area contributed by atoms with Gasteiger partial charge in [-0.3, -0.25) is 0 Å². The zero-order chi connectivity index (χ0) is 20.3. The topological polar surface area (TPSA) is 66.9 Å². The molecule has 0 aliphatic carbocycles. The second-order valence-corrected chi connectivity index (χ2v) is 6.44. The molecule has 28 heavy (non-hydrogen) atoms. The van der Waals surface area contributed by atoms with E-state index in [1.165, 1.54) is 7.11 Å². The van der Waals surface area contributed by atoms with Crippen molar-refractivity contribution >= 4 is 16.9 Å². The molecule has 0 N–H and O–H groups in total. The van der Waals surface area contributed by atoms with Gasteiger partial charge in [-0.2, -0.15) is 0 Å². The predicted molar refractivity (Wildman–Crippen MR) is 106 cm³/mol. The number of carbonyl (C=O) groups is 1. The highest BCUT2D eigenvalue weighted by Gasteiger charge is 2.17. The van der Waals surface area contributed by atoms with Crippen LogP contribution in [0.3, 0.4) is 0 Å². The van der Waals surface area contributed by atoms with Crippen molar-refractivity contribution in [3.63, 3.8) is 0 Å². The van der Waals surface area contributed by atoms with Crippen LogP contribution in [0, 0.1) is 13.8 Å². The summed E-state index contributed by atoms with van der Waals surface area (Å²) in [6.45, 7) is 4.44. The number of ether oxygens (including phenoxy) is 4. The first-order chi connectivity index (χ1) is 13.5. The summed E-state index contributed by atoms with van der Waals surface area (Å²) in [5.74, 6) is 1.06. The first kappa shape index (κ1) is 19.5. The Morgan fingerprint density at radius 1 is 0.929 bits per heavy atom. The highest BCUT2D eigenvalue weighted by Crippen LogP contribution is 2.36. The lowest BCUT2D eigenvalue weighted by Gasteiger charge is -2.15. The smallest absolute Gasteiger partial charge is 0.356 e. The van der Waals surface area contributed by atoms with Gasteiger partial charge >= 0.3 is 5.97 Å². The second kappa shape index (κ2) is 8.17. The molecule has 3 rings (SSSR count). The monoisotopic (exact) mass is 381 g/mol. The molecule has 1 heterocycles. The standard InChI is InChI=1S/C22H23NO5/c1-13-6-7-14(2)15(8-13)12-28-19-11-18(22(24)27-5)23-17-10-21(26-4)20(25-3)9-16(17)19/h6-11H,12H2,1-5H3. The molecule has 0 aliphatic rings. The second-order valence-electron chi connectivity index (χ2n) is 6.44. The number of methoxy groups -OCH3 is 3. The van der Waals surface area contributed by atoms with Gasteiger partial charge in [0.25, 0.3) is 0 Å². The van der Waals surface area contributed by atoms with Crippen molar-refractivity contribution in [2.75, 3.05) is 21.3 Å². The molecule has 1 aromatic heterocycles. The Morgan fingerprint density at radius 2 is 1.64 bits per heavy atom. The lowest BCUT2D eigenvalue weighted by Crippen LogP contribution is -2.07. The van der Waals surface area contributed by atoms with Crippen molar-refractivity contribution in [1.29, 1.82) is 0 Å². The molecular formula is C22H23NO5. The quantitative estimate of drug-likeness (QED) is 0.595. The van der Waals surface area contributed by atoms with E-state index in [1.54, 1.807) is 32.4 Å². The summed E-state index contributed by atoms with van der Waals surface area (Å²) in [5.41, 5.74) is 4.08. The maximum atomic E-state index is 12.1. The Kier molecular flexibility index (Phi) is 5.68. The maximum Gasteiger partial charge on any atom is 0.356 e. The van der Waals surface area contributed by atoms with Crippen LogP contribution in [-0.2, 0) is 11.3 Å². The van der Waals surface area contributed by atoms with E-state index in [0.29, 0.717) is 29.4 Å². The van der Waals surface area contributed by atoms with Crippen molar-refractivity contribution in [3.05, 3.63) is 58.8 Å². The Hall–Kier alpha value is -3.28. The summed E-state index contributed by atoms with van der Waals surface area (Å²) in [7, 11) is 4.43. The van der Waals surface area contributed by atoms with Gasteiger partial charge in [0.1, 0.15) is 12.4 Å². The Labute approximate surface area is 164 Å². The number of aromatic nitrogens is 1. The number of carbonyl (C=O) groups excluding carboxylic acids is 1. The van der Waals surface area contributed by atoms with Gasteiger partial charge in [0, 0.05) is 17.5 Å². The molecular weight excluding hydrogens is 358 g/mol. The molecule has 0 unspecified atom stereocenters. The van der Waals surface area contributed by atoms with Gasteiger partial charge in [0.2, 0.25) is 0 Å². The van der Waals surface area contributed by atoms with Crippen LogP contribution in [0.15, 0.2) is 36.4 Å². The number of nitrogens with zero attached hydrogens (tertiary/aromatic N) is 1.